The first-order valence-electron chi connectivity index (χ1n) is 8.41. The summed E-state index contributed by atoms with van der Waals surface area (Å²) >= 11 is 0. The summed E-state index contributed by atoms with van der Waals surface area (Å²) < 4.78 is 0. The van der Waals surface area contributed by atoms with Gasteiger partial charge in [-0.05, 0) is 0 Å². The van der Waals surface area contributed by atoms with Crippen LogP contribution in [0.25, 0.3) is 21.5 Å². The first kappa shape index (κ1) is 26.2. The van der Waals surface area contributed by atoms with Crippen LogP contribution in [0.2, 0.25) is 0 Å². The molecule has 0 aliphatic heterocycles. The Morgan fingerprint density at radius 3 is 1.25 bits per heavy atom. The Hall–Kier alpha value is -1.80. The van der Waals surface area contributed by atoms with Gasteiger partial charge in [0.25, 0.3) is 0 Å². The quantitative estimate of drug-likeness (QED) is 0.193. The molecule has 0 N–H and O–H groups in total. The summed E-state index contributed by atoms with van der Waals surface area (Å²) in [4.78, 5) is 0. The second-order valence-electron chi connectivity index (χ2n) is 5.79. The zero-order valence-corrected chi connectivity index (χ0v) is 20.5. The van der Waals surface area contributed by atoms with E-state index in [1.807, 2.05) is 30.3 Å². The van der Waals surface area contributed by atoms with Crippen LogP contribution in [0, 0.1) is 6.92 Å². The van der Waals surface area contributed by atoms with E-state index >= 15 is 0 Å². The average molecular weight is 571 g/mol. The Morgan fingerprint density at radius 1 is 0.500 bits per heavy atom. The molecule has 0 unspecified atom stereocenters. The molecule has 28 heavy (non-hydrogen) atoms. The predicted octanol–water partition coefficient (Wildman–Crippen LogP) is 0.992. The number of fused-ring (bicyclic) bond motifs is 2. The maximum atomic E-state index is 3.72. The average Bonchev–Trinajstić information content (AvgIpc) is 3.32. The third-order valence-electron chi connectivity index (χ3n) is 3.94. The molecular formula is C25H21Cl2Hf-5. The van der Waals surface area contributed by atoms with Gasteiger partial charge < -0.3 is 24.8 Å². The third-order valence-corrected chi connectivity index (χ3v) is 3.94. The largest absolute Gasteiger partial charge is 1.00 e. The summed E-state index contributed by atoms with van der Waals surface area (Å²) in [7, 11) is 0. The van der Waals surface area contributed by atoms with E-state index in [1.54, 1.807) is 0 Å². The Morgan fingerprint density at radius 2 is 0.893 bits per heavy atom. The molecule has 5 rings (SSSR count). The van der Waals surface area contributed by atoms with Gasteiger partial charge >= 0.3 is 0 Å². The maximum absolute atomic E-state index is 3.72. The van der Waals surface area contributed by atoms with E-state index in [0.29, 0.717) is 0 Å². The van der Waals surface area contributed by atoms with E-state index < -0.39 is 0 Å². The number of hydrogen-bond donors (Lipinski definition) is 0. The van der Waals surface area contributed by atoms with Crippen molar-refractivity contribution in [2.24, 2.45) is 0 Å². The molecule has 0 heterocycles. The van der Waals surface area contributed by atoms with Crippen LogP contribution >= 0.6 is 0 Å². The molecule has 5 aromatic rings. The summed E-state index contributed by atoms with van der Waals surface area (Å²) in [5.41, 5.74) is 1.07. The van der Waals surface area contributed by atoms with Crippen molar-refractivity contribution in [2.75, 3.05) is 0 Å². The SMILES string of the molecule is [CH2-]c1ccccc1.[Cl-].[Cl-].[Hf].c1ccc2[cH-]ccc2c1.c1ccc2[cH-]ccc2c1. The van der Waals surface area contributed by atoms with Crippen molar-refractivity contribution in [3.05, 3.63) is 128 Å². The number of benzene rings is 3. The second-order valence-corrected chi connectivity index (χ2v) is 5.79. The van der Waals surface area contributed by atoms with Crippen LogP contribution in [0.3, 0.4) is 0 Å². The minimum atomic E-state index is 0. The standard InChI is InChI=1S/2C9H7.C7H7.2ClH.Hf/c2*1-2-5-9-7-3-6-8(9)4-1;1-7-5-3-2-4-6-7;;;/h2*1-7H;2-6H,1H2;2*1H;/q3*-1;;;/p-2. The molecule has 0 saturated carbocycles. The molecule has 0 aliphatic carbocycles. The number of rotatable bonds is 0. The first-order valence-corrected chi connectivity index (χ1v) is 8.41. The van der Waals surface area contributed by atoms with E-state index in [0.717, 1.165) is 5.56 Å². The van der Waals surface area contributed by atoms with Crippen molar-refractivity contribution >= 4 is 21.5 Å². The van der Waals surface area contributed by atoms with Crippen LogP contribution in [-0.4, -0.2) is 0 Å². The fraction of sp³-hybridized carbons (Fsp3) is 0. The first-order chi connectivity index (χ1) is 12.3. The smallest absolute Gasteiger partial charge is 0 e. The van der Waals surface area contributed by atoms with Crippen molar-refractivity contribution in [2.45, 2.75) is 0 Å². The van der Waals surface area contributed by atoms with Crippen LogP contribution in [0.1, 0.15) is 5.56 Å². The van der Waals surface area contributed by atoms with Crippen molar-refractivity contribution in [1.29, 1.82) is 0 Å². The van der Waals surface area contributed by atoms with Gasteiger partial charge in [-0.25, -0.2) is 0 Å². The molecule has 3 heteroatoms. The molecule has 0 saturated heterocycles. The third kappa shape index (κ3) is 8.06. The Balaban J connectivity index is 0.000000374. The number of hydrogen-bond acceptors (Lipinski definition) is 0. The predicted molar refractivity (Wildman–Crippen MR) is 110 cm³/mol. The van der Waals surface area contributed by atoms with E-state index in [2.05, 4.69) is 91.9 Å². The van der Waals surface area contributed by atoms with Gasteiger partial charge in [-0.2, -0.15) is 59.7 Å². The van der Waals surface area contributed by atoms with Crippen molar-refractivity contribution < 1.29 is 50.7 Å². The monoisotopic (exact) mass is 571 g/mol. The second kappa shape index (κ2) is 14.2. The molecule has 0 bridgehead atoms. The van der Waals surface area contributed by atoms with Gasteiger partial charge in [-0.15, -0.1) is 71.4 Å². The van der Waals surface area contributed by atoms with Crippen molar-refractivity contribution in [3.63, 3.8) is 0 Å². The molecule has 5 aromatic carbocycles. The molecule has 0 fully saturated rings. The van der Waals surface area contributed by atoms with Gasteiger partial charge in [0.05, 0.1) is 0 Å². The fourth-order valence-electron chi connectivity index (χ4n) is 2.62. The molecule has 0 amide bonds. The van der Waals surface area contributed by atoms with Crippen LogP contribution in [0.5, 0.6) is 0 Å². The zero-order chi connectivity index (χ0) is 17.3. The minimum Gasteiger partial charge on any atom is -1.00 e. The summed E-state index contributed by atoms with van der Waals surface area (Å²) in [6.07, 6.45) is 0. The van der Waals surface area contributed by atoms with Gasteiger partial charge in [0.1, 0.15) is 0 Å². The van der Waals surface area contributed by atoms with Gasteiger partial charge in [0.2, 0.25) is 0 Å². The minimum absolute atomic E-state index is 0. The Kier molecular flexibility index (Phi) is 13.3. The summed E-state index contributed by atoms with van der Waals surface area (Å²) in [6, 6.07) is 39.2. The normalized spacial score (nSPS) is 8.71. The summed E-state index contributed by atoms with van der Waals surface area (Å²) in [5.74, 6) is 0. The molecule has 0 radical (unpaired) electrons. The molecule has 0 aliphatic rings. The molecule has 144 valence electrons. The van der Waals surface area contributed by atoms with Crippen molar-refractivity contribution in [1.82, 2.24) is 0 Å². The van der Waals surface area contributed by atoms with Crippen molar-refractivity contribution in [3.8, 4) is 0 Å². The van der Waals surface area contributed by atoms with Crippen LogP contribution < -0.4 is 24.8 Å². The molecule has 0 aromatic heterocycles. The van der Waals surface area contributed by atoms with Crippen LogP contribution in [0.15, 0.2) is 115 Å². The number of halogens is 2. The zero-order valence-electron chi connectivity index (χ0n) is 15.4. The molecule has 0 nitrogen and oxygen atoms in total. The molecular weight excluding hydrogens is 550 g/mol. The fourth-order valence-corrected chi connectivity index (χ4v) is 2.62. The van der Waals surface area contributed by atoms with Gasteiger partial charge in [-0.1, -0.05) is 18.2 Å². The Labute approximate surface area is 198 Å². The van der Waals surface area contributed by atoms with E-state index in [4.69, 9.17) is 0 Å². The topological polar surface area (TPSA) is 0 Å². The van der Waals surface area contributed by atoms with Crippen LogP contribution in [0.4, 0.5) is 0 Å². The summed E-state index contributed by atoms with van der Waals surface area (Å²) in [6.45, 7) is 3.72. The molecule has 0 atom stereocenters. The summed E-state index contributed by atoms with van der Waals surface area (Å²) in [5, 5.41) is 5.32. The van der Waals surface area contributed by atoms with Crippen LogP contribution in [-0.2, 0) is 25.8 Å². The Bertz CT molecular complexity index is 890. The maximum Gasteiger partial charge on any atom is 0 e. The van der Waals surface area contributed by atoms with Gasteiger partial charge in [0.15, 0.2) is 0 Å². The van der Waals surface area contributed by atoms with Gasteiger partial charge in [-0.3, -0.25) is 0 Å². The molecule has 0 spiro atoms. The van der Waals surface area contributed by atoms with Gasteiger partial charge in [0, 0.05) is 25.8 Å². The van der Waals surface area contributed by atoms with E-state index in [-0.39, 0.29) is 50.7 Å². The van der Waals surface area contributed by atoms with E-state index in [9.17, 15) is 0 Å². The van der Waals surface area contributed by atoms with E-state index in [1.165, 1.54) is 21.5 Å².